The van der Waals surface area contributed by atoms with Crippen molar-refractivity contribution in [2.45, 2.75) is 19.7 Å². The molecule has 152 valence electrons. The molecular formula is C23H23Cl2NO3. The first-order chi connectivity index (χ1) is 14.1. The van der Waals surface area contributed by atoms with Gasteiger partial charge in [-0.05, 0) is 41.5 Å². The first-order valence-electron chi connectivity index (χ1n) is 9.17. The minimum atomic E-state index is 0.374. The molecule has 6 heteroatoms. The third-order valence-electron chi connectivity index (χ3n) is 4.42. The van der Waals surface area contributed by atoms with E-state index in [-0.39, 0.29) is 0 Å². The van der Waals surface area contributed by atoms with E-state index in [1.165, 1.54) is 0 Å². The van der Waals surface area contributed by atoms with Gasteiger partial charge in [-0.25, -0.2) is 0 Å². The lowest BCUT2D eigenvalue weighted by Crippen LogP contribution is -2.13. The van der Waals surface area contributed by atoms with Crippen molar-refractivity contribution in [3.05, 3.63) is 87.4 Å². The zero-order valence-corrected chi connectivity index (χ0v) is 17.9. The van der Waals surface area contributed by atoms with Crippen molar-refractivity contribution in [1.29, 1.82) is 0 Å². The maximum Gasteiger partial charge on any atom is 0.180 e. The molecule has 0 aliphatic rings. The first kappa shape index (κ1) is 21.3. The molecule has 0 fully saturated rings. The fraction of sp³-hybridized carbons (Fsp3) is 0.217. The van der Waals surface area contributed by atoms with Crippen LogP contribution in [-0.4, -0.2) is 14.2 Å². The van der Waals surface area contributed by atoms with Crippen LogP contribution >= 0.6 is 23.2 Å². The molecule has 0 radical (unpaired) electrons. The number of hydrogen-bond donors (Lipinski definition) is 1. The van der Waals surface area contributed by atoms with Crippen molar-refractivity contribution >= 4 is 23.2 Å². The molecule has 29 heavy (non-hydrogen) atoms. The van der Waals surface area contributed by atoms with Gasteiger partial charge in [0.25, 0.3) is 0 Å². The van der Waals surface area contributed by atoms with Gasteiger partial charge in [0, 0.05) is 23.7 Å². The van der Waals surface area contributed by atoms with Crippen LogP contribution in [0.3, 0.4) is 0 Å². The molecule has 0 aliphatic heterocycles. The summed E-state index contributed by atoms with van der Waals surface area (Å²) in [4.78, 5) is 0. The summed E-state index contributed by atoms with van der Waals surface area (Å²) < 4.78 is 16.8. The largest absolute Gasteiger partial charge is 0.496 e. The monoisotopic (exact) mass is 431 g/mol. The van der Waals surface area contributed by atoms with Gasteiger partial charge in [-0.15, -0.1) is 0 Å². The number of para-hydroxylation sites is 1. The molecule has 0 saturated carbocycles. The van der Waals surface area contributed by atoms with E-state index in [1.54, 1.807) is 14.2 Å². The molecule has 0 aliphatic carbocycles. The van der Waals surface area contributed by atoms with Gasteiger partial charge in [0.1, 0.15) is 12.4 Å². The van der Waals surface area contributed by atoms with Gasteiger partial charge in [0.2, 0.25) is 0 Å². The van der Waals surface area contributed by atoms with Crippen LogP contribution in [0.4, 0.5) is 0 Å². The van der Waals surface area contributed by atoms with Crippen molar-refractivity contribution in [2.24, 2.45) is 0 Å². The van der Waals surface area contributed by atoms with Crippen LogP contribution in [-0.2, 0) is 19.7 Å². The van der Waals surface area contributed by atoms with E-state index in [2.05, 4.69) is 5.32 Å². The molecule has 3 rings (SSSR count). The highest BCUT2D eigenvalue weighted by Gasteiger charge is 2.13. The van der Waals surface area contributed by atoms with Gasteiger partial charge in [0.05, 0.1) is 19.2 Å². The van der Waals surface area contributed by atoms with Crippen LogP contribution in [0.15, 0.2) is 60.7 Å². The predicted octanol–water partition coefficient (Wildman–Crippen LogP) is 5.88. The zero-order valence-electron chi connectivity index (χ0n) is 16.4. The van der Waals surface area contributed by atoms with Crippen molar-refractivity contribution < 1.29 is 14.2 Å². The Bertz CT molecular complexity index is 945. The topological polar surface area (TPSA) is 39.7 Å². The molecule has 0 aromatic heterocycles. The molecule has 0 atom stereocenters. The molecule has 0 saturated heterocycles. The summed E-state index contributed by atoms with van der Waals surface area (Å²) >= 11 is 12.4. The maximum absolute atomic E-state index is 6.47. The van der Waals surface area contributed by atoms with Crippen molar-refractivity contribution in [1.82, 2.24) is 5.32 Å². The Hall–Kier alpha value is -2.40. The average molecular weight is 432 g/mol. The molecule has 0 unspecified atom stereocenters. The third-order valence-corrected chi connectivity index (χ3v) is 4.96. The first-order valence-corrected chi connectivity index (χ1v) is 9.92. The molecule has 4 nitrogen and oxygen atoms in total. The molecule has 0 spiro atoms. The summed E-state index contributed by atoms with van der Waals surface area (Å²) in [5, 5.41) is 4.60. The highest BCUT2D eigenvalue weighted by atomic mass is 35.5. The summed E-state index contributed by atoms with van der Waals surface area (Å²) in [7, 11) is 3.28. The molecule has 0 amide bonds. The van der Waals surface area contributed by atoms with Gasteiger partial charge in [-0.2, -0.15) is 0 Å². The van der Waals surface area contributed by atoms with E-state index < -0.39 is 0 Å². The summed E-state index contributed by atoms with van der Waals surface area (Å²) in [5.41, 5.74) is 3.09. The number of ether oxygens (including phenoxy) is 3. The lowest BCUT2D eigenvalue weighted by molar-refractivity contribution is 0.284. The highest BCUT2D eigenvalue weighted by molar-refractivity contribution is 6.32. The average Bonchev–Trinajstić information content (AvgIpc) is 2.74. The van der Waals surface area contributed by atoms with E-state index in [4.69, 9.17) is 37.4 Å². The zero-order chi connectivity index (χ0) is 20.6. The van der Waals surface area contributed by atoms with Crippen LogP contribution in [0.5, 0.6) is 17.2 Å². The Morgan fingerprint density at radius 2 is 1.52 bits per heavy atom. The molecule has 0 bridgehead atoms. The van der Waals surface area contributed by atoms with Crippen LogP contribution in [0, 0.1) is 0 Å². The van der Waals surface area contributed by atoms with E-state index in [9.17, 15) is 0 Å². The Labute approximate surface area is 181 Å². The van der Waals surface area contributed by atoms with E-state index in [0.717, 1.165) is 22.4 Å². The second-order valence-corrected chi connectivity index (χ2v) is 7.28. The highest BCUT2D eigenvalue weighted by Crippen LogP contribution is 2.37. The number of benzene rings is 3. The predicted molar refractivity (Wildman–Crippen MR) is 117 cm³/mol. The van der Waals surface area contributed by atoms with Gasteiger partial charge >= 0.3 is 0 Å². The SMILES string of the molecule is COc1ccccc1CNCc1cc(Cl)c(OCc2ccc(Cl)cc2)c(OC)c1. The Balaban J connectivity index is 1.65. The van der Waals surface area contributed by atoms with Gasteiger partial charge < -0.3 is 19.5 Å². The summed E-state index contributed by atoms with van der Waals surface area (Å²) in [5.74, 6) is 1.99. The molecule has 0 heterocycles. The summed E-state index contributed by atoms with van der Waals surface area (Å²) in [6.07, 6.45) is 0. The normalized spacial score (nSPS) is 10.6. The smallest absolute Gasteiger partial charge is 0.180 e. The minimum absolute atomic E-state index is 0.374. The van der Waals surface area contributed by atoms with Crippen molar-refractivity contribution in [3.8, 4) is 17.2 Å². The minimum Gasteiger partial charge on any atom is -0.496 e. The number of nitrogens with one attached hydrogen (secondary N) is 1. The van der Waals surface area contributed by atoms with Gasteiger partial charge in [0.15, 0.2) is 11.5 Å². The molecule has 3 aromatic carbocycles. The second kappa shape index (κ2) is 10.4. The fourth-order valence-corrected chi connectivity index (χ4v) is 3.36. The van der Waals surface area contributed by atoms with Crippen LogP contribution in [0.1, 0.15) is 16.7 Å². The quantitative estimate of drug-likeness (QED) is 0.459. The number of methoxy groups -OCH3 is 2. The van der Waals surface area contributed by atoms with E-state index >= 15 is 0 Å². The van der Waals surface area contributed by atoms with Crippen molar-refractivity contribution in [3.63, 3.8) is 0 Å². The fourth-order valence-electron chi connectivity index (χ4n) is 2.94. The van der Waals surface area contributed by atoms with Crippen molar-refractivity contribution in [2.75, 3.05) is 14.2 Å². The van der Waals surface area contributed by atoms with Crippen LogP contribution in [0.25, 0.3) is 0 Å². The standard InChI is InChI=1S/C23H23Cl2NO3/c1-27-21-6-4-3-5-18(21)14-26-13-17-11-20(25)23(22(12-17)28-2)29-15-16-7-9-19(24)10-8-16/h3-12,26H,13-15H2,1-2H3. The second-order valence-electron chi connectivity index (χ2n) is 6.44. The molecular weight excluding hydrogens is 409 g/mol. The summed E-state index contributed by atoms with van der Waals surface area (Å²) in [6.45, 7) is 1.68. The lowest BCUT2D eigenvalue weighted by Gasteiger charge is -2.15. The van der Waals surface area contributed by atoms with Crippen LogP contribution < -0.4 is 19.5 Å². The maximum atomic E-state index is 6.47. The number of halogens is 2. The number of hydrogen-bond acceptors (Lipinski definition) is 4. The summed E-state index contributed by atoms with van der Waals surface area (Å²) in [6, 6.07) is 19.2. The molecule has 3 aromatic rings. The van der Waals surface area contributed by atoms with Gasteiger partial charge in [-0.3, -0.25) is 0 Å². The Kier molecular flexibility index (Phi) is 7.64. The number of rotatable bonds is 9. The van der Waals surface area contributed by atoms with E-state index in [1.807, 2.05) is 60.7 Å². The lowest BCUT2D eigenvalue weighted by atomic mass is 10.1. The Morgan fingerprint density at radius 1 is 0.793 bits per heavy atom. The van der Waals surface area contributed by atoms with Crippen LogP contribution in [0.2, 0.25) is 10.0 Å². The van der Waals surface area contributed by atoms with E-state index in [0.29, 0.717) is 41.2 Å². The Morgan fingerprint density at radius 3 is 2.24 bits per heavy atom. The van der Waals surface area contributed by atoms with Gasteiger partial charge in [-0.1, -0.05) is 53.5 Å². The molecule has 1 N–H and O–H groups in total. The third kappa shape index (κ3) is 5.80.